The summed E-state index contributed by atoms with van der Waals surface area (Å²) in [5.74, 6) is 2.47. The summed E-state index contributed by atoms with van der Waals surface area (Å²) in [7, 11) is 3.93. The Morgan fingerprint density at radius 2 is 1.92 bits per heavy atom. The molecule has 0 radical (unpaired) electrons. The molecule has 0 aromatic heterocycles. The van der Waals surface area contributed by atoms with Crippen molar-refractivity contribution in [2.45, 2.75) is 19.8 Å². The summed E-state index contributed by atoms with van der Waals surface area (Å²) >= 11 is 0. The van der Waals surface area contributed by atoms with Gasteiger partial charge in [0.1, 0.15) is 0 Å². The number of hydrogen-bond acceptors (Lipinski definition) is 4. The van der Waals surface area contributed by atoms with E-state index in [4.69, 9.17) is 5.73 Å². The minimum absolute atomic E-state index is 0.796. The maximum atomic E-state index is 5.36. The molecule has 0 saturated carbocycles. The minimum Gasteiger partial charge on any atom is -0.330 e. The fourth-order valence-electron chi connectivity index (χ4n) is 0.667. The Balaban J connectivity index is 2.73. The maximum absolute atomic E-state index is 5.36. The van der Waals surface area contributed by atoms with Crippen LogP contribution in [-0.2, 0) is 0 Å². The molecule has 0 aliphatic heterocycles. The molecule has 0 bridgehead atoms. The fraction of sp³-hybridized carbons (Fsp3) is 1.00. The molecule has 2 nitrogen and oxygen atoms in total. The monoisotopic (exact) mass is 208 g/mol. The van der Waals surface area contributed by atoms with Crippen LogP contribution in [0.4, 0.5) is 0 Å². The Hall–Kier alpha value is 0.620. The zero-order chi connectivity index (χ0) is 9.07. The second-order valence-electron chi connectivity index (χ2n) is 2.54. The summed E-state index contributed by atoms with van der Waals surface area (Å²) in [6.45, 7) is 5.19. The van der Waals surface area contributed by atoms with E-state index in [1.807, 2.05) is 21.6 Å². The van der Waals surface area contributed by atoms with Crippen molar-refractivity contribution in [3.05, 3.63) is 0 Å². The third-order valence-corrected chi connectivity index (χ3v) is 3.90. The molecule has 0 saturated heterocycles. The quantitative estimate of drug-likeness (QED) is 0.447. The highest BCUT2D eigenvalue weighted by Crippen LogP contribution is 2.20. The van der Waals surface area contributed by atoms with E-state index in [9.17, 15) is 0 Å². The lowest BCUT2D eigenvalue weighted by atomic mass is 10.4. The minimum atomic E-state index is 0.796. The maximum Gasteiger partial charge on any atom is 0.0162 e. The fourth-order valence-corrected chi connectivity index (χ4v) is 2.75. The number of rotatable bonds is 9. The van der Waals surface area contributed by atoms with E-state index in [1.54, 1.807) is 0 Å². The predicted octanol–water partition coefficient (Wildman–Crippen LogP) is 1.72. The van der Waals surface area contributed by atoms with Crippen LogP contribution in [0.3, 0.4) is 0 Å². The number of nitrogens with two attached hydrogens (primary N) is 1. The van der Waals surface area contributed by atoms with Crippen molar-refractivity contribution in [1.29, 1.82) is 0 Å². The number of hydrogen-bond donors (Lipinski definition) is 2. The average Bonchev–Trinajstić information content (AvgIpc) is 2.10. The zero-order valence-corrected chi connectivity index (χ0v) is 9.48. The smallest absolute Gasteiger partial charge is 0.0162 e. The highest BCUT2D eigenvalue weighted by molar-refractivity contribution is 8.76. The average molecular weight is 208 g/mol. The van der Waals surface area contributed by atoms with Crippen LogP contribution in [0.2, 0.25) is 0 Å². The van der Waals surface area contributed by atoms with Crippen LogP contribution < -0.4 is 11.1 Å². The standard InChI is InChI=1S/C8H20N2S2/c1-2-7-11-12-8-6-10-5-3-4-9/h10H,2-9H2,1H3. The Kier molecular flexibility index (Phi) is 12.2. The molecule has 0 spiro atoms. The van der Waals surface area contributed by atoms with Gasteiger partial charge in [0.2, 0.25) is 0 Å². The van der Waals surface area contributed by atoms with Crippen LogP contribution in [0, 0.1) is 0 Å². The first-order valence-electron chi connectivity index (χ1n) is 4.57. The lowest BCUT2D eigenvalue weighted by Crippen LogP contribution is -2.20. The van der Waals surface area contributed by atoms with Gasteiger partial charge in [-0.15, -0.1) is 0 Å². The molecule has 0 aliphatic carbocycles. The van der Waals surface area contributed by atoms with Crippen molar-refractivity contribution >= 4 is 21.6 Å². The van der Waals surface area contributed by atoms with Gasteiger partial charge in [-0.1, -0.05) is 28.5 Å². The molecule has 3 N–H and O–H groups in total. The molecule has 0 aliphatic rings. The van der Waals surface area contributed by atoms with Gasteiger partial charge in [0.25, 0.3) is 0 Å². The molecule has 0 unspecified atom stereocenters. The van der Waals surface area contributed by atoms with Gasteiger partial charge >= 0.3 is 0 Å². The van der Waals surface area contributed by atoms with Crippen LogP contribution in [0.5, 0.6) is 0 Å². The first-order valence-corrected chi connectivity index (χ1v) is 7.05. The summed E-state index contributed by atoms with van der Waals surface area (Å²) < 4.78 is 0. The predicted molar refractivity (Wildman–Crippen MR) is 61.7 cm³/mol. The summed E-state index contributed by atoms with van der Waals surface area (Å²) in [5.41, 5.74) is 5.36. The molecule has 74 valence electrons. The number of nitrogens with one attached hydrogen (secondary N) is 1. The second-order valence-corrected chi connectivity index (χ2v) is 5.24. The SMILES string of the molecule is CCCSSCCNCCCN. The molecule has 0 amide bonds. The van der Waals surface area contributed by atoms with Crippen molar-refractivity contribution in [2.75, 3.05) is 31.1 Å². The van der Waals surface area contributed by atoms with Gasteiger partial charge in [0.05, 0.1) is 0 Å². The van der Waals surface area contributed by atoms with Crippen LogP contribution >= 0.6 is 21.6 Å². The van der Waals surface area contributed by atoms with Gasteiger partial charge in [-0.25, -0.2) is 0 Å². The molecular weight excluding hydrogens is 188 g/mol. The van der Waals surface area contributed by atoms with E-state index >= 15 is 0 Å². The summed E-state index contributed by atoms with van der Waals surface area (Å²) in [6, 6.07) is 0. The molecular formula is C8H20N2S2. The molecule has 0 heterocycles. The Labute approximate surface area is 83.8 Å². The first-order chi connectivity index (χ1) is 5.91. The van der Waals surface area contributed by atoms with Crippen LogP contribution in [0.1, 0.15) is 19.8 Å². The molecule has 0 fully saturated rings. The summed E-state index contributed by atoms with van der Waals surface area (Å²) in [4.78, 5) is 0. The lowest BCUT2D eigenvalue weighted by molar-refractivity contribution is 0.683. The van der Waals surface area contributed by atoms with Crippen molar-refractivity contribution in [3.63, 3.8) is 0 Å². The van der Waals surface area contributed by atoms with Gasteiger partial charge in [0.15, 0.2) is 0 Å². The normalized spacial score (nSPS) is 10.5. The summed E-state index contributed by atoms with van der Waals surface area (Å²) in [5, 5.41) is 3.35. The van der Waals surface area contributed by atoms with E-state index in [0.717, 1.165) is 26.1 Å². The molecule has 12 heavy (non-hydrogen) atoms. The Morgan fingerprint density at radius 3 is 2.58 bits per heavy atom. The van der Waals surface area contributed by atoms with E-state index in [1.165, 1.54) is 17.9 Å². The van der Waals surface area contributed by atoms with Crippen molar-refractivity contribution in [1.82, 2.24) is 5.32 Å². The molecule has 0 rings (SSSR count). The van der Waals surface area contributed by atoms with Crippen LogP contribution in [0.15, 0.2) is 0 Å². The van der Waals surface area contributed by atoms with Crippen LogP contribution in [-0.4, -0.2) is 31.1 Å². The van der Waals surface area contributed by atoms with Crippen molar-refractivity contribution < 1.29 is 0 Å². The van der Waals surface area contributed by atoms with Crippen molar-refractivity contribution in [3.8, 4) is 0 Å². The zero-order valence-electron chi connectivity index (χ0n) is 7.84. The first kappa shape index (κ1) is 12.6. The van der Waals surface area contributed by atoms with Crippen molar-refractivity contribution in [2.24, 2.45) is 5.73 Å². The highest BCUT2D eigenvalue weighted by atomic mass is 33.1. The van der Waals surface area contributed by atoms with E-state index in [-0.39, 0.29) is 0 Å². The molecule has 0 atom stereocenters. The van der Waals surface area contributed by atoms with Gasteiger partial charge in [-0.2, -0.15) is 0 Å². The largest absolute Gasteiger partial charge is 0.330 e. The molecule has 0 aromatic carbocycles. The molecule has 0 aromatic rings. The lowest BCUT2D eigenvalue weighted by Gasteiger charge is -2.02. The van der Waals surface area contributed by atoms with E-state index in [0.29, 0.717) is 0 Å². The second kappa shape index (κ2) is 11.6. The van der Waals surface area contributed by atoms with Gasteiger partial charge in [0, 0.05) is 18.1 Å². The molecule has 4 heteroatoms. The Morgan fingerprint density at radius 1 is 1.17 bits per heavy atom. The van der Waals surface area contributed by atoms with E-state index in [2.05, 4.69) is 12.2 Å². The summed E-state index contributed by atoms with van der Waals surface area (Å²) in [6.07, 6.45) is 2.37. The third-order valence-electron chi connectivity index (χ3n) is 1.29. The highest BCUT2D eigenvalue weighted by Gasteiger charge is 1.89. The van der Waals surface area contributed by atoms with E-state index < -0.39 is 0 Å². The van der Waals surface area contributed by atoms with Gasteiger partial charge < -0.3 is 11.1 Å². The topological polar surface area (TPSA) is 38.0 Å². The Bertz CT molecular complexity index is 71.5. The van der Waals surface area contributed by atoms with Crippen LogP contribution in [0.25, 0.3) is 0 Å². The van der Waals surface area contributed by atoms with Gasteiger partial charge in [-0.3, -0.25) is 0 Å². The van der Waals surface area contributed by atoms with Gasteiger partial charge in [-0.05, 0) is 25.9 Å². The third kappa shape index (κ3) is 10.6.